The molecule has 3 N–H and O–H groups in total. The normalized spacial score (nSPS) is 21.6. The monoisotopic (exact) mass is 283 g/mol. The third-order valence-corrected chi connectivity index (χ3v) is 4.17. The number of nitrogens with zero attached hydrogens (tertiary/aromatic N) is 2. The van der Waals surface area contributed by atoms with Gasteiger partial charge in [0, 0.05) is 18.6 Å². The molecule has 1 saturated heterocycles. The first-order valence-electron chi connectivity index (χ1n) is 7.89. The van der Waals surface area contributed by atoms with Crippen LogP contribution in [0.2, 0.25) is 0 Å². The van der Waals surface area contributed by atoms with Gasteiger partial charge in [-0.15, -0.1) is 0 Å². The minimum absolute atomic E-state index is 0.548. The lowest BCUT2D eigenvalue weighted by atomic mass is 10.2. The Morgan fingerprint density at radius 1 is 1.05 bits per heavy atom. The fraction of sp³-hybridized carbons (Fsp3) is 0.500. The van der Waals surface area contributed by atoms with E-state index in [1.165, 1.54) is 25.7 Å². The van der Waals surface area contributed by atoms with Gasteiger partial charge in [0.1, 0.15) is 0 Å². The van der Waals surface area contributed by atoms with Crippen LogP contribution in [-0.2, 0) is 0 Å². The third-order valence-electron chi connectivity index (χ3n) is 4.17. The zero-order valence-corrected chi connectivity index (χ0v) is 12.1. The van der Waals surface area contributed by atoms with Gasteiger partial charge in [-0.2, -0.15) is 0 Å². The quantitative estimate of drug-likeness (QED) is 0.786. The van der Waals surface area contributed by atoms with Gasteiger partial charge in [-0.05, 0) is 44.4 Å². The highest BCUT2D eigenvalue weighted by Gasteiger charge is 2.23. The molecule has 1 aliphatic heterocycles. The van der Waals surface area contributed by atoms with E-state index in [0.29, 0.717) is 12.1 Å². The van der Waals surface area contributed by atoms with E-state index >= 15 is 0 Å². The van der Waals surface area contributed by atoms with E-state index in [-0.39, 0.29) is 0 Å². The van der Waals surface area contributed by atoms with E-state index in [1.807, 2.05) is 24.3 Å². The van der Waals surface area contributed by atoms with E-state index in [2.05, 4.69) is 16.0 Å². The van der Waals surface area contributed by atoms with Crippen LogP contribution in [0.5, 0.6) is 0 Å². The first kappa shape index (κ1) is 12.8. The molecule has 5 nitrogen and oxygen atoms in total. The highest BCUT2D eigenvalue weighted by molar-refractivity contribution is 5.80. The molecule has 0 radical (unpaired) electrons. The summed E-state index contributed by atoms with van der Waals surface area (Å²) in [5.74, 6) is 1.78. The summed E-state index contributed by atoms with van der Waals surface area (Å²) < 4.78 is 0. The number of rotatable bonds is 5. The molecule has 2 aromatic rings. The molecule has 1 aliphatic carbocycles. The number of benzene rings is 1. The van der Waals surface area contributed by atoms with Crippen molar-refractivity contribution in [2.45, 2.75) is 37.8 Å². The fourth-order valence-electron chi connectivity index (χ4n) is 2.80. The first-order chi connectivity index (χ1) is 10.4. The summed E-state index contributed by atoms with van der Waals surface area (Å²) in [6.45, 7) is 2.04. The lowest BCUT2D eigenvalue weighted by Crippen LogP contribution is -2.29. The van der Waals surface area contributed by atoms with Crippen molar-refractivity contribution in [1.29, 1.82) is 0 Å². The topological polar surface area (TPSA) is 61.9 Å². The van der Waals surface area contributed by atoms with E-state index in [4.69, 9.17) is 9.97 Å². The van der Waals surface area contributed by atoms with Gasteiger partial charge in [-0.25, -0.2) is 9.97 Å². The predicted molar refractivity (Wildman–Crippen MR) is 85.7 cm³/mol. The lowest BCUT2D eigenvalue weighted by molar-refractivity contribution is 0.632. The van der Waals surface area contributed by atoms with E-state index in [0.717, 1.165) is 35.8 Å². The first-order valence-corrected chi connectivity index (χ1v) is 7.89. The zero-order chi connectivity index (χ0) is 14.1. The molecule has 2 fully saturated rings. The molecule has 0 bridgehead atoms. The summed E-state index contributed by atoms with van der Waals surface area (Å²) in [5.41, 5.74) is 1.89. The van der Waals surface area contributed by atoms with Crippen LogP contribution in [0.1, 0.15) is 25.7 Å². The van der Waals surface area contributed by atoms with Crippen molar-refractivity contribution in [3.05, 3.63) is 24.3 Å². The molecule has 1 aromatic heterocycles. The number of para-hydroxylation sites is 2. The maximum atomic E-state index is 4.75. The molecule has 5 heteroatoms. The summed E-state index contributed by atoms with van der Waals surface area (Å²) in [6, 6.07) is 9.17. The van der Waals surface area contributed by atoms with Crippen LogP contribution in [-0.4, -0.2) is 35.1 Å². The Hall–Kier alpha value is -1.88. The van der Waals surface area contributed by atoms with Crippen molar-refractivity contribution in [2.75, 3.05) is 23.7 Å². The number of hydrogen-bond donors (Lipinski definition) is 3. The number of nitrogens with one attached hydrogen (secondary N) is 3. The molecule has 1 aromatic carbocycles. The number of hydrogen-bond acceptors (Lipinski definition) is 5. The minimum atomic E-state index is 0.548. The molecular formula is C16H21N5. The summed E-state index contributed by atoms with van der Waals surface area (Å²) in [7, 11) is 0. The highest BCUT2D eigenvalue weighted by atomic mass is 15.1. The van der Waals surface area contributed by atoms with Crippen LogP contribution >= 0.6 is 0 Å². The second-order valence-electron chi connectivity index (χ2n) is 6.00. The van der Waals surface area contributed by atoms with Crippen molar-refractivity contribution in [3.63, 3.8) is 0 Å². The second-order valence-corrected chi connectivity index (χ2v) is 6.00. The largest absolute Gasteiger partial charge is 0.365 e. The molecular weight excluding hydrogens is 262 g/mol. The molecule has 0 amide bonds. The van der Waals surface area contributed by atoms with Gasteiger partial charge in [0.15, 0.2) is 11.6 Å². The molecule has 1 atom stereocenters. The minimum Gasteiger partial charge on any atom is -0.365 e. The maximum Gasteiger partial charge on any atom is 0.169 e. The third kappa shape index (κ3) is 2.93. The Labute approximate surface area is 124 Å². The summed E-state index contributed by atoms with van der Waals surface area (Å²) in [4.78, 5) is 9.50. The van der Waals surface area contributed by atoms with E-state index < -0.39 is 0 Å². The van der Waals surface area contributed by atoms with Crippen LogP contribution in [0.4, 0.5) is 11.6 Å². The smallest absolute Gasteiger partial charge is 0.169 e. The van der Waals surface area contributed by atoms with Crippen LogP contribution < -0.4 is 16.0 Å². The Kier molecular flexibility index (Phi) is 3.35. The molecule has 1 saturated carbocycles. The van der Waals surface area contributed by atoms with Crippen LogP contribution in [0, 0.1) is 0 Å². The predicted octanol–water partition coefficient (Wildman–Crippen LogP) is 2.37. The molecule has 4 rings (SSSR count). The van der Waals surface area contributed by atoms with Crippen molar-refractivity contribution in [2.24, 2.45) is 0 Å². The van der Waals surface area contributed by atoms with Gasteiger partial charge in [0.25, 0.3) is 0 Å². The van der Waals surface area contributed by atoms with Gasteiger partial charge in [-0.1, -0.05) is 12.1 Å². The van der Waals surface area contributed by atoms with Crippen molar-refractivity contribution >= 4 is 22.7 Å². The van der Waals surface area contributed by atoms with Crippen LogP contribution in [0.25, 0.3) is 11.0 Å². The van der Waals surface area contributed by atoms with Gasteiger partial charge in [0.2, 0.25) is 0 Å². The van der Waals surface area contributed by atoms with Crippen LogP contribution in [0.3, 0.4) is 0 Å². The summed E-state index contributed by atoms with van der Waals surface area (Å²) in [6.07, 6.45) is 4.97. The lowest BCUT2D eigenvalue weighted by Gasteiger charge is -2.15. The van der Waals surface area contributed by atoms with Gasteiger partial charge >= 0.3 is 0 Å². The number of fused-ring (bicyclic) bond motifs is 1. The van der Waals surface area contributed by atoms with Gasteiger partial charge < -0.3 is 16.0 Å². The Morgan fingerprint density at radius 3 is 2.48 bits per heavy atom. The zero-order valence-electron chi connectivity index (χ0n) is 12.1. The average Bonchev–Trinajstić information content (AvgIpc) is 3.17. The Bertz CT molecular complexity index is 632. The SMILES string of the molecule is c1ccc2nc(NC3CC3)c(NC[C@H]3CCCN3)nc2c1. The standard InChI is InChI=1S/C16H21N5/c1-2-6-14-13(5-1)20-15(16(21-14)19-11-7-8-11)18-10-12-4-3-9-17-12/h1-2,5-6,11-12,17H,3-4,7-10H2,(H,18,20)(H,19,21)/t12-/m1/s1. The summed E-state index contributed by atoms with van der Waals surface area (Å²) >= 11 is 0. The van der Waals surface area contributed by atoms with Crippen molar-refractivity contribution in [1.82, 2.24) is 15.3 Å². The fourth-order valence-corrected chi connectivity index (χ4v) is 2.80. The number of anilines is 2. The van der Waals surface area contributed by atoms with Crippen molar-refractivity contribution in [3.8, 4) is 0 Å². The Balaban J connectivity index is 1.59. The maximum absolute atomic E-state index is 4.75. The van der Waals surface area contributed by atoms with Gasteiger partial charge in [0.05, 0.1) is 11.0 Å². The molecule has 2 aliphatic rings. The highest BCUT2D eigenvalue weighted by Crippen LogP contribution is 2.28. The second kappa shape index (κ2) is 5.48. The molecule has 110 valence electrons. The van der Waals surface area contributed by atoms with E-state index in [1.54, 1.807) is 0 Å². The molecule has 21 heavy (non-hydrogen) atoms. The molecule has 2 heterocycles. The van der Waals surface area contributed by atoms with Crippen LogP contribution in [0.15, 0.2) is 24.3 Å². The number of aromatic nitrogens is 2. The summed E-state index contributed by atoms with van der Waals surface area (Å²) in [5, 5.41) is 10.5. The molecule has 0 spiro atoms. The van der Waals surface area contributed by atoms with Gasteiger partial charge in [-0.3, -0.25) is 0 Å². The van der Waals surface area contributed by atoms with Crippen molar-refractivity contribution < 1.29 is 0 Å². The van der Waals surface area contributed by atoms with E-state index in [9.17, 15) is 0 Å². The average molecular weight is 283 g/mol. The Morgan fingerprint density at radius 2 is 1.81 bits per heavy atom. The molecule has 0 unspecified atom stereocenters.